The van der Waals surface area contributed by atoms with Crippen LogP contribution in [0.5, 0.6) is 0 Å². The van der Waals surface area contributed by atoms with Gasteiger partial charge in [0.2, 0.25) is 0 Å². The van der Waals surface area contributed by atoms with Crippen LogP contribution in [-0.2, 0) is 0 Å². The molecule has 1 aromatic heterocycles. The Kier molecular flexibility index (Phi) is 2.24. The molecule has 0 amide bonds. The first-order chi connectivity index (χ1) is 11.9. The van der Waals surface area contributed by atoms with Crippen molar-refractivity contribution in [2.45, 2.75) is 18.5 Å². The number of para-hydroxylation sites is 1. The summed E-state index contributed by atoms with van der Waals surface area (Å²) in [6, 6.07) is 12.8. The van der Waals surface area contributed by atoms with Gasteiger partial charge in [0, 0.05) is 41.6 Å². The van der Waals surface area contributed by atoms with Crippen molar-refractivity contribution >= 4 is 27.6 Å². The van der Waals surface area contributed by atoms with Crippen LogP contribution in [0.2, 0.25) is 0 Å². The van der Waals surface area contributed by atoms with E-state index in [1.807, 2.05) is 6.07 Å². The third-order valence-corrected chi connectivity index (χ3v) is 6.03. The second-order valence-electron chi connectivity index (χ2n) is 7.05. The van der Waals surface area contributed by atoms with Crippen LogP contribution in [-0.4, -0.2) is 17.6 Å². The van der Waals surface area contributed by atoms with Crippen molar-refractivity contribution in [1.82, 2.24) is 4.90 Å². The van der Waals surface area contributed by atoms with Crippen LogP contribution in [0.15, 0.2) is 65.9 Å². The molecule has 3 aliphatic rings. The zero-order valence-electron chi connectivity index (χ0n) is 13.4. The molecule has 24 heavy (non-hydrogen) atoms. The van der Waals surface area contributed by atoms with Crippen LogP contribution >= 0.6 is 0 Å². The third kappa shape index (κ3) is 1.35. The number of anilines is 1. The summed E-state index contributed by atoms with van der Waals surface area (Å²) in [5.41, 5.74) is 4.56. The number of hydrogen-bond acceptors (Lipinski definition) is 3. The number of nitrogens with zero attached hydrogens (tertiary/aromatic N) is 2. The van der Waals surface area contributed by atoms with Gasteiger partial charge in [-0.1, -0.05) is 36.4 Å². The number of fused-ring (bicyclic) bond motifs is 6. The number of hydrogen-bond donors (Lipinski definition) is 0. The average molecular weight is 314 g/mol. The molecule has 1 fully saturated rings. The van der Waals surface area contributed by atoms with Crippen LogP contribution < -0.4 is 4.90 Å². The van der Waals surface area contributed by atoms with Gasteiger partial charge in [-0.2, -0.15) is 0 Å². The minimum absolute atomic E-state index is 0.392. The van der Waals surface area contributed by atoms with Crippen molar-refractivity contribution in [2.75, 3.05) is 11.4 Å². The first-order valence-electron chi connectivity index (χ1n) is 8.66. The summed E-state index contributed by atoms with van der Waals surface area (Å²) < 4.78 is 6.31. The molecule has 3 atom stereocenters. The van der Waals surface area contributed by atoms with Crippen LogP contribution in [0.25, 0.3) is 21.9 Å². The summed E-state index contributed by atoms with van der Waals surface area (Å²) in [6.07, 6.45) is 8.24. The summed E-state index contributed by atoms with van der Waals surface area (Å²) in [7, 11) is 0. The topological polar surface area (TPSA) is 19.6 Å². The molecule has 4 heterocycles. The Bertz CT molecular complexity index is 1030. The maximum Gasteiger partial charge on any atom is 0.159 e. The highest BCUT2D eigenvalue weighted by Gasteiger charge is 2.48. The standard InChI is InChI=1S/C21H18N2O/c1-2-13-15-7-8-16-14-5-3-4-6-18(14)24-20(16)19(15)23-12-11-22-10-9-17(13)21(22)23/h2-8,11-13,17,21H,1,9-10H2. The van der Waals surface area contributed by atoms with Crippen molar-refractivity contribution in [2.24, 2.45) is 5.92 Å². The first-order valence-corrected chi connectivity index (χ1v) is 8.66. The predicted octanol–water partition coefficient (Wildman–Crippen LogP) is 4.81. The van der Waals surface area contributed by atoms with Gasteiger partial charge in [0.1, 0.15) is 11.7 Å². The fraction of sp³-hybridized carbons (Fsp3) is 0.238. The Morgan fingerprint density at radius 1 is 1.08 bits per heavy atom. The van der Waals surface area contributed by atoms with Gasteiger partial charge < -0.3 is 14.2 Å². The zero-order chi connectivity index (χ0) is 15.8. The minimum atomic E-state index is 0.392. The van der Waals surface area contributed by atoms with E-state index in [1.165, 1.54) is 28.4 Å². The Morgan fingerprint density at radius 2 is 2.00 bits per heavy atom. The number of furan rings is 1. The summed E-state index contributed by atoms with van der Waals surface area (Å²) >= 11 is 0. The molecule has 6 rings (SSSR count). The number of benzene rings is 2. The Morgan fingerprint density at radius 3 is 2.92 bits per heavy atom. The lowest BCUT2D eigenvalue weighted by Gasteiger charge is -2.41. The molecule has 1 saturated heterocycles. The largest absolute Gasteiger partial charge is 0.454 e. The predicted molar refractivity (Wildman–Crippen MR) is 96.9 cm³/mol. The van der Waals surface area contributed by atoms with E-state index in [9.17, 15) is 0 Å². The van der Waals surface area contributed by atoms with Crippen molar-refractivity contribution in [3.05, 3.63) is 67.0 Å². The molecule has 0 spiro atoms. The van der Waals surface area contributed by atoms with Crippen molar-refractivity contribution in [1.29, 1.82) is 0 Å². The fourth-order valence-electron chi connectivity index (χ4n) is 5.03. The summed E-state index contributed by atoms with van der Waals surface area (Å²) in [5, 5.41) is 2.40. The molecule has 2 aromatic carbocycles. The molecule has 0 radical (unpaired) electrons. The molecule has 118 valence electrons. The monoisotopic (exact) mass is 314 g/mol. The first kappa shape index (κ1) is 12.7. The molecule has 0 N–H and O–H groups in total. The van der Waals surface area contributed by atoms with Gasteiger partial charge in [0.15, 0.2) is 5.58 Å². The number of allylic oxidation sites excluding steroid dienone is 1. The smallest absolute Gasteiger partial charge is 0.159 e. The van der Waals surface area contributed by atoms with Crippen LogP contribution in [0, 0.1) is 5.92 Å². The van der Waals surface area contributed by atoms with E-state index >= 15 is 0 Å². The molecule has 3 aromatic rings. The van der Waals surface area contributed by atoms with Crippen molar-refractivity contribution < 1.29 is 4.42 Å². The Labute approximate surface area is 140 Å². The van der Waals surface area contributed by atoms with Crippen LogP contribution in [0.1, 0.15) is 17.9 Å². The van der Waals surface area contributed by atoms with Crippen LogP contribution in [0.3, 0.4) is 0 Å². The maximum absolute atomic E-state index is 6.31. The maximum atomic E-state index is 6.31. The van der Waals surface area contributed by atoms with E-state index in [2.05, 4.69) is 65.2 Å². The fourth-order valence-corrected chi connectivity index (χ4v) is 5.03. The SMILES string of the molecule is C=CC1c2ccc3c(oc4ccccc43)c2N2C=CN3CCC1C32. The molecule has 0 saturated carbocycles. The highest BCUT2D eigenvalue weighted by molar-refractivity contribution is 6.10. The molecule has 3 unspecified atom stereocenters. The molecule has 3 aliphatic heterocycles. The van der Waals surface area contributed by atoms with E-state index in [1.54, 1.807) is 0 Å². The van der Waals surface area contributed by atoms with Crippen LogP contribution in [0.4, 0.5) is 5.69 Å². The molecule has 0 aliphatic carbocycles. The quantitative estimate of drug-likeness (QED) is 0.601. The van der Waals surface area contributed by atoms with Gasteiger partial charge in [0.25, 0.3) is 0 Å². The van der Waals surface area contributed by atoms with Crippen molar-refractivity contribution in [3.63, 3.8) is 0 Å². The highest BCUT2D eigenvalue weighted by atomic mass is 16.3. The summed E-state index contributed by atoms with van der Waals surface area (Å²) in [4.78, 5) is 4.89. The van der Waals surface area contributed by atoms with Gasteiger partial charge in [-0.05, 0) is 18.1 Å². The lowest BCUT2D eigenvalue weighted by Crippen LogP contribution is -2.44. The lowest BCUT2D eigenvalue weighted by atomic mass is 9.79. The highest BCUT2D eigenvalue weighted by Crippen LogP contribution is 2.53. The Hall–Kier alpha value is -2.68. The molecule has 3 nitrogen and oxygen atoms in total. The molecular formula is C21H18N2O. The van der Waals surface area contributed by atoms with E-state index in [4.69, 9.17) is 4.42 Å². The average Bonchev–Trinajstić information content (AvgIpc) is 3.31. The molecule has 0 bridgehead atoms. The molecule has 3 heteroatoms. The van der Waals surface area contributed by atoms with Crippen molar-refractivity contribution in [3.8, 4) is 0 Å². The van der Waals surface area contributed by atoms with Gasteiger partial charge in [-0.15, -0.1) is 6.58 Å². The second kappa shape index (κ2) is 4.23. The Balaban J connectivity index is 1.72. The summed E-state index contributed by atoms with van der Waals surface area (Å²) in [6.45, 7) is 5.28. The van der Waals surface area contributed by atoms with Gasteiger partial charge >= 0.3 is 0 Å². The normalized spacial score (nSPS) is 27.1. The summed E-state index contributed by atoms with van der Waals surface area (Å²) in [5.74, 6) is 0.996. The van der Waals surface area contributed by atoms with Gasteiger partial charge in [0.05, 0.1) is 5.69 Å². The molecular weight excluding hydrogens is 296 g/mol. The van der Waals surface area contributed by atoms with E-state index in [-0.39, 0.29) is 0 Å². The minimum Gasteiger partial charge on any atom is -0.454 e. The van der Waals surface area contributed by atoms with E-state index in [0.717, 1.165) is 17.7 Å². The zero-order valence-corrected chi connectivity index (χ0v) is 13.4. The third-order valence-electron chi connectivity index (χ3n) is 6.03. The van der Waals surface area contributed by atoms with Gasteiger partial charge in [-0.25, -0.2) is 0 Å². The second-order valence-corrected chi connectivity index (χ2v) is 7.05. The van der Waals surface area contributed by atoms with E-state index < -0.39 is 0 Å². The van der Waals surface area contributed by atoms with Gasteiger partial charge in [-0.3, -0.25) is 0 Å². The number of rotatable bonds is 1. The lowest BCUT2D eigenvalue weighted by molar-refractivity contribution is 0.303. The van der Waals surface area contributed by atoms with E-state index in [0.29, 0.717) is 18.0 Å².